The fourth-order valence-corrected chi connectivity index (χ4v) is 2.77. The van der Waals surface area contributed by atoms with Crippen molar-refractivity contribution in [2.75, 3.05) is 0 Å². The number of aromatic nitrogens is 2. The van der Waals surface area contributed by atoms with Crippen LogP contribution < -0.4 is 0 Å². The highest BCUT2D eigenvalue weighted by atomic mass is 127. The first-order valence-corrected chi connectivity index (χ1v) is 7.22. The Bertz CT molecular complexity index is 786. The van der Waals surface area contributed by atoms with E-state index in [0.717, 1.165) is 19.7 Å². The zero-order chi connectivity index (χ0) is 13.6. The highest BCUT2D eigenvalue weighted by Crippen LogP contribution is 2.30. The summed E-state index contributed by atoms with van der Waals surface area (Å²) < 4.78 is 28.6. The van der Waals surface area contributed by atoms with Crippen LogP contribution in [0.4, 0.5) is 8.78 Å². The molecule has 2 aromatic carbocycles. The molecule has 0 saturated carbocycles. The molecule has 0 unspecified atom stereocenters. The van der Waals surface area contributed by atoms with E-state index in [2.05, 4.69) is 48.5 Å². The summed E-state index contributed by atoms with van der Waals surface area (Å²) in [5.74, 6) is -0.786. The second kappa shape index (κ2) is 4.82. The van der Waals surface area contributed by atoms with Gasteiger partial charge in [0.25, 0.3) is 0 Å². The molecule has 6 heteroatoms. The van der Waals surface area contributed by atoms with E-state index in [0.29, 0.717) is 11.3 Å². The summed E-state index contributed by atoms with van der Waals surface area (Å²) in [4.78, 5) is 7.13. The number of hydrogen-bond acceptors (Lipinski definition) is 1. The summed E-state index contributed by atoms with van der Waals surface area (Å²) >= 11 is 5.61. The van der Waals surface area contributed by atoms with Gasteiger partial charge in [-0.3, -0.25) is 0 Å². The predicted molar refractivity (Wildman–Crippen MR) is 81.9 cm³/mol. The second-order valence-corrected chi connectivity index (χ2v) is 6.09. The van der Waals surface area contributed by atoms with Crippen molar-refractivity contribution in [2.45, 2.75) is 0 Å². The molecule has 0 fully saturated rings. The third-order valence-electron chi connectivity index (χ3n) is 2.69. The molecule has 19 heavy (non-hydrogen) atoms. The maximum atomic E-state index is 13.6. The molecule has 0 aliphatic carbocycles. The summed E-state index contributed by atoms with van der Waals surface area (Å²) in [7, 11) is 0. The molecule has 2 nitrogen and oxygen atoms in total. The van der Waals surface area contributed by atoms with Gasteiger partial charge >= 0.3 is 0 Å². The van der Waals surface area contributed by atoms with Gasteiger partial charge < -0.3 is 4.98 Å². The number of H-pyrrole nitrogens is 1. The number of halogens is 4. The normalized spacial score (nSPS) is 11.2. The van der Waals surface area contributed by atoms with Gasteiger partial charge in [-0.25, -0.2) is 13.8 Å². The minimum atomic E-state index is -0.667. The fourth-order valence-electron chi connectivity index (χ4n) is 1.85. The lowest BCUT2D eigenvalue weighted by Gasteiger charge is -2.01. The molecule has 0 bridgehead atoms. The number of benzene rings is 2. The Hall–Kier alpha value is -1.02. The first kappa shape index (κ1) is 13.0. The highest BCUT2D eigenvalue weighted by Gasteiger charge is 2.13. The number of aromatic amines is 1. The van der Waals surface area contributed by atoms with Crippen molar-refractivity contribution < 1.29 is 8.78 Å². The van der Waals surface area contributed by atoms with Gasteiger partial charge in [0.15, 0.2) is 5.82 Å². The number of hydrogen-bond donors (Lipinski definition) is 1. The molecule has 1 N–H and O–H groups in total. The summed E-state index contributed by atoms with van der Waals surface area (Å²) in [6.45, 7) is 0. The average molecular weight is 435 g/mol. The zero-order valence-corrected chi connectivity index (χ0v) is 13.1. The molecule has 3 aromatic rings. The highest BCUT2D eigenvalue weighted by molar-refractivity contribution is 14.1. The molecule has 1 aromatic heterocycles. The van der Waals surface area contributed by atoms with Gasteiger partial charge in [-0.05, 0) is 46.9 Å². The van der Waals surface area contributed by atoms with E-state index < -0.39 is 11.6 Å². The minimum absolute atomic E-state index is 0.141. The number of nitrogens with zero attached hydrogens (tertiary/aromatic N) is 1. The van der Waals surface area contributed by atoms with Gasteiger partial charge in [-0.15, -0.1) is 0 Å². The van der Waals surface area contributed by atoms with Crippen LogP contribution >= 0.6 is 38.5 Å². The topological polar surface area (TPSA) is 28.7 Å². The third kappa shape index (κ3) is 2.38. The standard InChI is InChI=1S/C13H6BrF2IN2/c14-9-2-1-7(17)5-8(9)13-18-11-4-6(15)3-10(16)12(11)19-13/h1-5H,(H,18,19). The summed E-state index contributed by atoms with van der Waals surface area (Å²) in [5, 5.41) is 0. The number of nitrogens with one attached hydrogen (secondary N) is 1. The van der Waals surface area contributed by atoms with Crippen LogP contribution in [0.5, 0.6) is 0 Å². The molecule has 0 aliphatic rings. The van der Waals surface area contributed by atoms with E-state index in [-0.39, 0.29) is 5.52 Å². The van der Waals surface area contributed by atoms with Crippen molar-refractivity contribution in [3.05, 3.63) is 50.0 Å². The van der Waals surface area contributed by atoms with Crippen LogP contribution in [0, 0.1) is 15.2 Å². The van der Waals surface area contributed by atoms with Crippen molar-refractivity contribution >= 4 is 49.6 Å². The van der Waals surface area contributed by atoms with Crippen LogP contribution in [-0.4, -0.2) is 9.97 Å². The summed E-state index contributed by atoms with van der Waals surface area (Å²) in [6.07, 6.45) is 0. The zero-order valence-electron chi connectivity index (χ0n) is 9.35. The number of imidazole rings is 1. The van der Waals surface area contributed by atoms with E-state index in [1.807, 2.05) is 18.2 Å². The Morgan fingerprint density at radius 2 is 1.95 bits per heavy atom. The first-order chi connectivity index (χ1) is 9.04. The predicted octanol–water partition coefficient (Wildman–Crippen LogP) is 4.88. The molecule has 0 radical (unpaired) electrons. The lowest BCUT2D eigenvalue weighted by atomic mass is 10.2. The molecule has 0 atom stereocenters. The number of fused-ring (bicyclic) bond motifs is 1. The third-order valence-corrected chi connectivity index (χ3v) is 4.05. The molecule has 0 aliphatic heterocycles. The second-order valence-electron chi connectivity index (χ2n) is 3.99. The number of rotatable bonds is 1. The van der Waals surface area contributed by atoms with E-state index in [1.54, 1.807) is 0 Å². The SMILES string of the molecule is Fc1cc(F)c2nc(-c3cc(I)ccc3Br)[nH]c2c1. The van der Waals surface area contributed by atoms with Crippen molar-refractivity contribution in [2.24, 2.45) is 0 Å². The Labute approximate surface area is 129 Å². The van der Waals surface area contributed by atoms with Crippen LogP contribution in [0.2, 0.25) is 0 Å². The first-order valence-electron chi connectivity index (χ1n) is 5.35. The largest absolute Gasteiger partial charge is 0.338 e. The van der Waals surface area contributed by atoms with Crippen LogP contribution in [-0.2, 0) is 0 Å². The van der Waals surface area contributed by atoms with Crippen molar-refractivity contribution in [1.29, 1.82) is 0 Å². The quantitative estimate of drug-likeness (QED) is 0.543. The van der Waals surface area contributed by atoms with Gasteiger partial charge in [0, 0.05) is 19.7 Å². The van der Waals surface area contributed by atoms with E-state index in [4.69, 9.17) is 0 Å². The molecule has 96 valence electrons. The summed E-state index contributed by atoms with van der Waals surface area (Å²) in [6, 6.07) is 7.81. The van der Waals surface area contributed by atoms with E-state index in [9.17, 15) is 8.78 Å². The van der Waals surface area contributed by atoms with Gasteiger partial charge in [-0.2, -0.15) is 0 Å². The molecular weight excluding hydrogens is 429 g/mol. The molecule has 0 spiro atoms. The smallest absolute Gasteiger partial charge is 0.153 e. The Kier molecular flexibility index (Phi) is 3.30. The van der Waals surface area contributed by atoms with Gasteiger partial charge in [0.2, 0.25) is 0 Å². The van der Waals surface area contributed by atoms with Crippen LogP contribution in [0.25, 0.3) is 22.4 Å². The Balaban J connectivity index is 2.26. The van der Waals surface area contributed by atoms with E-state index in [1.165, 1.54) is 6.07 Å². The maximum absolute atomic E-state index is 13.6. The van der Waals surface area contributed by atoms with Gasteiger partial charge in [-0.1, -0.05) is 15.9 Å². The minimum Gasteiger partial charge on any atom is -0.338 e. The molecule has 0 amide bonds. The van der Waals surface area contributed by atoms with Crippen LogP contribution in [0.15, 0.2) is 34.8 Å². The van der Waals surface area contributed by atoms with Crippen LogP contribution in [0.3, 0.4) is 0 Å². The van der Waals surface area contributed by atoms with Crippen molar-refractivity contribution in [1.82, 2.24) is 9.97 Å². The Morgan fingerprint density at radius 3 is 2.74 bits per heavy atom. The lowest BCUT2D eigenvalue weighted by molar-refractivity contribution is 0.591. The van der Waals surface area contributed by atoms with Gasteiger partial charge in [0.1, 0.15) is 17.2 Å². The van der Waals surface area contributed by atoms with E-state index >= 15 is 0 Å². The lowest BCUT2D eigenvalue weighted by Crippen LogP contribution is -1.84. The van der Waals surface area contributed by atoms with Crippen molar-refractivity contribution in [3.63, 3.8) is 0 Å². The maximum Gasteiger partial charge on any atom is 0.153 e. The fraction of sp³-hybridized carbons (Fsp3) is 0. The van der Waals surface area contributed by atoms with Gasteiger partial charge in [0.05, 0.1) is 5.52 Å². The molecule has 0 saturated heterocycles. The van der Waals surface area contributed by atoms with Crippen molar-refractivity contribution in [3.8, 4) is 11.4 Å². The average Bonchev–Trinajstić information content (AvgIpc) is 2.76. The van der Waals surface area contributed by atoms with Crippen LogP contribution in [0.1, 0.15) is 0 Å². The Morgan fingerprint density at radius 1 is 1.16 bits per heavy atom. The molecule has 1 heterocycles. The monoisotopic (exact) mass is 434 g/mol. The molecular formula is C13H6BrF2IN2. The molecule has 3 rings (SSSR count). The summed E-state index contributed by atoms with van der Waals surface area (Å²) in [5.41, 5.74) is 1.29.